The molecule has 0 bridgehead atoms. The van der Waals surface area contributed by atoms with Gasteiger partial charge in [0.05, 0.1) is 17.1 Å². The van der Waals surface area contributed by atoms with E-state index >= 15 is 0 Å². The van der Waals surface area contributed by atoms with Gasteiger partial charge >= 0.3 is 6.18 Å². The lowest BCUT2D eigenvalue weighted by Gasteiger charge is -2.51. The van der Waals surface area contributed by atoms with Gasteiger partial charge in [0, 0.05) is 32.2 Å². The maximum atomic E-state index is 13.1. The molecule has 0 amide bonds. The summed E-state index contributed by atoms with van der Waals surface area (Å²) in [7, 11) is 1.66. The summed E-state index contributed by atoms with van der Waals surface area (Å²) in [5.74, 6) is 0.244. The lowest BCUT2D eigenvalue weighted by molar-refractivity contribution is -0.137. The Hall–Kier alpha value is -3.58. The van der Waals surface area contributed by atoms with Crippen molar-refractivity contribution in [1.29, 1.82) is 5.26 Å². The van der Waals surface area contributed by atoms with Gasteiger partial charge in [-0.1, -0.05) is 25.5 Å². The molecule has 0 spiro atoms. The Morgan fingerprint density at radius 1 is 1.19 bits per heavy atom. The molecule has 1 fully saturated rings. The molecule has 3 atom stereocenters. The summed E-state index contributed by atoms with van der Waals surface area (Å²) >= 11 is 0. The van der Waals surface area contributed by atoms with E-state index in [-0.39, 0.29) is 35.1 Å². The van der Waals surface area contributed by atoms with Crippen molar-refractivity contribution in [2.75, 3.05) is 24.6 Å². The summed E-state index contributed by atoms with van der Waals surface area (Å²) < 4.78 is 46.8. The van der Waals surface area contributed by atoms with Gasteiger partial charge in [-0.2, -0.15) is 18.4 Å². The van der Waals surface area contributed by atoms with Gasteiger partial charge in [0.15, 0.2) is 0 Å². The number of fused-ring (bicyclic) bond motifs is 5. The van der Waals surface area contributed by atoms with Crippen LogP contribution in [-0.4, -0.2) is 46.2 Å². The number of benzene rings is 1. The summed E-state index contributed by atoms with van der Waals surface area (Å²) in [5, 5.41) is 9.44. The summed E-state index contributed by atoms with van der Waals surface area (Å²) in [6.07, 6.45) is -2.56. The minimum atomic E-state index is -4.37. The van der Waals surface area contributed by atoms with Crippen LogP contribution in [0.5, 0.6) is 5.75 Å². The minimum absolute atomic E-state index is 0.0830. The molecule has 2 aliphatic rings. The molecular weight excluding hydrogens is 483 g/mol. The normalized spacial score (nSPS) is 20.6. The molecule has 7 nitrogen and oxygen atoms in total. The van der Waals surface area contributed by atoms with E-state index in [4.69, 9.17) is 4.74 Å². The third kappa shape index (κ3) is 4.31. The second-order valence-electron chi connectivity index (χ2n) is 9.77. The molecule has 2 aliphatic heterocycles. The van der Waals surface area contributed by atoms with Crippen LogP contribution in [-0.2, 0) is 13.2 Å². The van der Waals surface area contributed by atoms with E-state index < -0.39 is 11.7 Å². The first kappa shape index (κ1) is 25.1. The first-order chi connectivity index (χ1) is 17.6. The molecule has 5 rings (SSSR count). The number of pyridine rings is 2. The maximum absolute atomic E-state index is 13.1. The molecule has 0 unspecified atom stereocenters. The average molecular weight is 512 g/mol. The number of hydrogen-bond donors (Lipinski definition) is 0. The smallest absolute Gasteiger partial charge is 0.416 e. The summed E-state index contributed by atoms with van der Waals surface area (Å²) in [5.41, 5.74) is 1.97. The first-order valence-electron chi connectivity index (χ1n) is 12.4. The fourth-order valence-corrected chi connectivity index (χ4v) is 5.60. The largest absolute Gasteiger partial charge is 0.484 e. The van der Waals surface area contributed by atoms with E-state index in [0.29, 0.717) is 36.4 Å². The van der Waals surface area contributed by atoms with Gasteiger partial charge in [0.25, 0.3) is 5.56 Å². The highest BCUT2D eigenvalue weighted by molar-refractivity contribution is 5.93. The van der Waals surface area contributed by atoms with E-state index in [1.54, 1.807) is 31.3 Å². The van der Waals surface area contributed by atoms with Gasteiger partial charge in [0.2, 0.25) is 5.75 Å². The lowest BCUT2D eigenvalue weighted by atomic mass is 9.95. The van der Waals surface area contributed by atoms with E-state index in [9.17, 15) is 23.2 Å². The van der Waals surface area contributed by atoms with E-state index in [2.05, 4.69) is 27.8 Å². The number of rotatable bonds is 4. The Morgan fingerprint density at radius 2 is 1.92 bits per heavy atom. The van der Waals surface area contributed by atoms with Crippen LogP contribution in [0.3, 0.4) is 0 Å². The van der Waals surface area contributed by atoms with Crippen molar-refractivity contribution < 1.29 is 17.9 Å². The average Bonchev–Trinajstić information content (AvgIpc) is 2.89. The SMILES string of the molecule is CCC[C@@H]1CN2c3c(c(=O)n(C)c4ccc(C#N)nc34)OC[C@@H]2CN1[C@H](C)c1ccc(C(F)(F)F)cc1. The number of ether oxygens (including phenoxy) is 1. The van der Waals surface area contributed by atoms with Gasteiger partial charge in [-0.3, -0.25) is 9.69 Å². The Bertz CT molecular complexity index is 1430. The van der Waals surface area contributed by atoms with Crippen LogP contribution in [0.2, 0.25) is 0 Å². The van der Waals surface area contributed by atoms with Crippen molar-refractivity contribution in [3.05, 3.63) is 63.6 Å². The monoisotopic (exact) mass is 511 g/mol. The van der Waals surface area contributed by atoms with Gasteiger partial charge in [-0.25, -0.2) is 4.98 Å². The number of aromatic nitrogens is 2. The van der Waals surface area contributed by atoms with Crippen molar-refractivity contribution >= 4 is 16.7 Å². The fraction of sp³-hybridized carbons (Fsp3) is 0.444. The van der Waals surface area contributed by atoms with E-state index in [0.717, 1.165) is 30.5 Å². The topological polar surface area (TPSA) is 74.4 Å². The van der Waals surface area contributed by atoms with Crippen LogP contribution in [0.4, 0.5) is 18.9 Å². The van der Waals surface area contributed by atoms with Crippen LogP contribution in [0.1, 0.15) is 49.6 Å². The molecule has 1 saturated heterocycles. The standard InChI is InChI=1S/C27H28F3N5O2/c1-4-5-20-13-35-21(14-34(20)16(2)17-6-8-18(9-7-17)27(28,29)30)15-37-25-24(35)23-22(33(3)26(25)36)11-10-19(12-31)32-23/h6-11,16,20-21H,4-5,13-15H2,1-3H3/t16-,20-,21+/m1/s1. The van der Waals surface area contributed by atoms with Crippen LogP contribution in [0.25, 0.3) is 11.0 Å². The van der Waals surface area contributed by atoms with Crippen LogP contribution < -0.4 is 15.2 Å². The number of nitrogens with zero attached hydrogens (tertiary/aromatic N) is 5. The third-order valence-electron chi connectivity index (χ3n) is 7.57. The fourth-order valence-electron chi connectivity index (χ4n) is 5.60. The van der Waals surface area contributed by atoms with Crippen molar-refractivity contribution in [1.82, 2.24) is 14.5 Å². The quantitative estimate of drug-likeness (QED) is 0.508. The molecule has 3 aromatic rings. The highest BCUT2D eigenvalue weighted by atomic mass is 19.4. The van der Waals surface area contributed by atoms with Crippen LogP contribution in [0.15, 0.2) is 41.2 Å². The Kier molecular flexibility index (Phi) is 6.36. The highest BCUT2D eigenvalue weighted by Gasteiger charge is 2.42. The zero-order valence-corrected chi connectivity index (χ0v) is 20.9. The number of aryl methyl sites for hydroxylation is 1. The van der Waals surface area contributed by atoms with Gasteiger partial charge in [-0.15, -0.1) is 0 Å². The molecule has 37 heavy (non-hydrogen) atoms. The molecule has 0 aliphatic carbocycles. The number of halogens is 3. The number of nitriles is 1. The van der Waals surface area contributed by atoms with Crippen LogP contribution in [0, 0.1) is 11.3 Å². The molecule has 0 N–H and O–H groups in total. The molecule has 0 radical (unpaired) electrons. The number of alkyl halides is 3. The zero-order chi connectivity index (χ0) is 26.5. The van der Waals surface area contributed by atoms with Gasteiger partial charge in [-0.05, 0) is 43.2 Å². The molecule has 0 saturated carbocycles. The predicted molar refractivity (Wildman–Crippen MR) is 134 cm³/mol. The number of hydrogen-bond acceptors (Lipinski definition) is 6. The molecule has 194 valence electrons. The van der Waals surface area contributed by atoms with E-state index in [1.165, 1.54) is 4.57 Å². The molecule has 4 heterocycles. The summed E-state index contributed by atoms with van der Waals surface area (Å²) in [6, 6.07) is 10.7. The molecule has 10 heteroatoms. The van der Waals surface area contributed by atoms with Crippen molar-refractivity contribution in [3.63, 3.8) is 0 Å². The second-order valence-corrected chi connectivity index (χ2v) is 9.77. The Balaban J connectivity index is 1.53. The predicted octanol–water partition coefficient (Wildman–Crippen LogP) is 4.64. The molecule has 2 aromatic heterocycles. The summed E-state index contributed by atoms with van der Waals surface area (Å²) in [4.78, 5) is 22.2. The maximum Gasteiger partial charge on any atom is 0.416 e. The first-order valence-corrected chi connectivity index (χ1v) is 12.4. The van der Waals surface area contributed by atoms with Crippen molar-refractivity contribution in [3.8, 4) is 11.8 Å². The van der Waals surface area contributed by atoms with E-state index in [1.807, 2.05) is 6.92 Å². The van der Waals surface area contributed by atoms with Crippen molar-refractivity contribution in [2.45, 2.75) is 51.0 Å². The number of piperazine rings is 1. The minimum Gasteiger partial charge on any atom is -0.484 e. The van der Waals surface area contributed by atoms with Gasteiger partial charge < -0.3 is 14.2 Å². The molecule has 1 aromatic carbocycles. The Labute approximate surface area is 212 Å². The highest BCUT2D eigenvalue weighted by Crippen LogP contribution is 2.41. The lowest BCUT2D eigenvalue weighted by Crippen LogP contribution is -2.62. The Morgan fingerprint density at radius 3 is 2.57 bits per heavy atom. The third-order valence-corrected chi connectivity index (χ3v) is 7.57. The van der Waals surface area contributed by atoms with Gasteiger partial charge in [0.1, 0.15) is 29.6 Å². The summed E-state index contributed by atoms with van der Waals surface area (Å²) in [6.45, 7) is 5.65. The number of anilines is 1. The van der Waals surface area contributed by atoms with Crippen LogP contribution >= 0.6 is 0 Å². The van der Waals surface area contributed by atoms with Crippen molar-refractivity contribution in [2.24, 2.45) is 7.05 Å². The zero-order valence-electron chi connectivity index (χ0n) is 20.9. The second kappa shape index (κ2) is 9.38. The molecular formula is C27H28F3N5O2.